The molecule has 0 fully saturated rings. The summed E-state index contributed by atoms with van der Waals surface area (Å²) in [5.74, 6) is 0.0390. The van der Waals surface area contributed by atoms with E-state index in [1.165, 1.54) is 6.92 Å². The van der Waals surface area contributed by atoms with E-state index in [1.807, 2.05) is 0 Å². The third kappa shape index (κ3) is 5.97. The summed E-state index contributed by atoms with van der Waals surface area (Å²) in [6.07, 6.45) is -0.0232. The Kier molecular flexibility index (Phi) is 5.13. The smallest absolute Gasteiger partial charge is 0.334 e. The zero-order chi connectivity index (χ0) is 11.4. The van der Waals surface area contributed by atoms with Crippen molar-refractivity contribution in [2.24, 2.45) is 11.3 Å². The molecule has 0 aliphatic rings. The zero-order valence-corrected chi connectivity index (χ0v) is 9.83. The number of hydrogen-bond acceptors (Lipinski definition) is 3. The normalized spacial score (nSPS) is 14.2. The molecule has 1 unspecified atom stereocenters. The van der Waals surface area contributed by atoms with Crippen molar-refractivity contribution in [3.05, 3.63) is 0 Å². The highest BCUT2D eigenvalue weighted by Crippen LogP contribution is 2.25. The summed E-state index contributed by atoms with van der Waals surface area (Å²) in [5, 5.41) is 8.93. The van der Waals surface area contributed by atoms with Crippen LogP contribution in [0, 0.1) is 11.3 Å². The van der Waals surface area contributed by atoms with Crippen molar-refractivity contribution in [2.45, 2.75) is 47.1 Å². The molecular weight excluding hydrogens is 180 g/mol. The first kappa shape index (κ1) is 13.4. The van der Waals surface area contributed by atoms with Crippen LogP contribution in [-0.4, -0.2) is 23.8 Å². The van der Waals surface area contributed by atoms with Gasteiger partial charge in [-0.2, -0.15) is 0 Å². The maximum absolute atomic E-state index is 11.0. The third-order valence-electron chi connectivity index (χ3n) is 1.91. The summed E-state index contributed by atoms with van der Waals surface area (Å²) >= 11 is 0. The lowest BCUT2D eigenvalue weighted by Gasteiger charge is -2.26. The lowest BCUT2D eigenvalue weighted by atomic mass is 9.85. The predicted molar refractivity (Wildman–Crippen MR) is 55.9 cm³/mol. The molecule has 0 aliphatic heterocycles. The fraction of sp³-hybridized carbons (Fsp3) is 0.909. The fourth-order valence-corrected chi connectivity index (χ4v) is 1.55. The van der Waals surface area contributed by atoms with Gasteiger partial charge >= 0.3 is 5.97 Å². The second-order valence-corrected chi connectivity index (χ2v) is 5.05. The maximum atomic E-state index is 11.0. The van der Waals surface area contributed by atoms with Crippen LogP contribution in [0.2, 0.25) is 0 Å². The van der Waals surface area contributed by atoms with Gasteiger partial charge < -0.3 is 9.84 Å². The molecule has 0 aromatic carbocycles. The average Bonchev–Trinajstić information content (AvgIpc) is 1.97. The van der Waals surface area contributed by atoms with Crippen molar-refractivity contribution in [1.29, 1.82) is 0 Å². The Bertz CT molecular complexity index is 183. The molecule has 0 aliphatic carbocycles. The molecule has 1 atom stereocenters. The minimum Gasteiger partial charge on any atom is -0.463 e. The summed E-state index contributed by atoms with van der Waals surface area (Å²) in [4.78, 5) is 11.0. The molecule has 0 saturated carbocycles. The van der Waals surface area contributed by atoms with Crippen LogP contribution >= 0.6 is 0 Å². The van der Waals surface area contributed by atoms with Gasteiger partial charge in [0.15, 0.2) is 0 Å². The van der Waals surface area contributed by atoms with Gasteiger partial charge in [0.25, 0.3) is 0 Å². The van der Waals surface area contributed by atoms with Crippen molar-refractivity contribution < 1.29 is 14.6 Å². The number of carbonyl (C=O) groups is 1. The van der Waals surface area contributed by atoms with E-state index >= 15 is 0 Å². The summed E-state index contributed by atoms with van der Waals surface area (Å²) in [5.41, 5.74) is -0.0152. The first-order valence-electron chi connectivity index (χ1n) is 5.09. The van der Waals surface area contributed by atoms with Crippen LogP contribution < -0.4 is 0 Å². The zero-order valence-electron chi connectivity index (χ0n) is 9.83. The van der Waals surface area contributed by atoms with Gasteiger partial charge in [-0.3, -0.25) is 0 Å². The van der Waals surface area contributed by atoms with E-state index in [-0.39, 0.29) is 5.41 Å². The van der Waals surface area contributed by atoms with Crippen molar-refractivity contribution in [2.75, 3.05) is 6.61 Å². The SMILES string of the molecule is CC(C)CC(C)(C)COC(=O)C(C)O. The van der Waals surface area contributed by atoms with Gasteiger partial charge in [-0.25, -0.2) is 4.79 Å². The topological polar surface area (TPSA) is 46.5 Å². The third-order valence-corrected chi connectivity index (χ3v) is 1.91. The number of aliphatic hydroxyl groups excluding tert-OH is 1. The largest absolute Gasteiger partial charge is 0.463 e. The van der Waals surface area contributed by atoms with E-state index < -0.39 is 12.1 Å². The molecule has 0 spiro atoms. The molecule has 0 bridgehead atoms. The van der Waals surface area contributed by atoms with Crippen molar-refractivity contribution in [1.82, 2.24) is 0 Å². The monoisotopic (exact) mass is 202 g/mol. The van der Waals surface area contributed by atoms with Crippen LogP contribution in [0.1, 0.15) is 41.0 Å². The number of hydrogen-bond donors (Lipinski definition) is 1. The van der Waals surface area contributed by atoms with Crippen LogP contribution in [0.25, 0.3) is 0 Å². The molecule has 0 radical (unpaired) electrons. The lowest BCUT2D eigenvalue weighted by Crippen LogP contribution is -2.27. The van der Waals surface area contributed by atoms with Gasteiger partial charge in [-0.05, 0) is 24.7 Å². The van der Waals surface area contributed by atoms with Crippen LogP contribution in [0.3, 0.4) is 0 Å². The van der Waals surface area contributed by atoms with E-state index in [4.69, 9.17) is 9.84 Å². The van der Waals surface area contributed by atoms with E-state index in [9.17, 15) is 4.79 Å². The summed E-state index contributed by atoms with van der Waals surface area (Å²) in [7, 11) is 0. The molecule has 14 heavy (non-hydrogen) atoms. The first-order valence-corrected chi connectivity index (χ1v) is 5.09. The maximum Gasteiger partial charge on any atom is 0.334 e. The van der Waals surface area contributed by atoms with E-state index in [0.29, 0.717) is 12.5 Å². The number of esters is 1. The molecule has 0 aromatic heterocycles. The van der Waals surface area contributed by atoms with Crippen molar-refractivity contribution >= 4 is 5.97 Å². The summed E-state index contributed by atoms with van der Waals surface area (Å²) < 4.78 is 4.98. The lowest BCUT2D eigenvalue weighted by molar-refractivity contribution is -0.155. The van der Waals surface area contributed by atoms with E-state index in [1.54, 1.807) is 0 Å². The summed E-state index contributed by atoms with van der Waals surface area (Å²) in [6, 6.07) is 0. The molecule has 0 rings (SSSR count). The van der Waals surface area contributed by atoms with Gasteiger partial charge in [0.1, 0.15) is 6.10 Å². The Labute approximate surface area is 86.5 Å². The number of carbonyl (C=O) groups excluding carboxylic acids is 1. The molecule has 0 heterocycles. The highest BCUT2D eigenvalue weighted by atomic mass is 16.5. The van der Waals surface area contributed by atoms with E-state index in [0.717, 1.165) is 6.42 Å². The highest BCUT2D eigenvalue weighted by molar-refractivity contribution is 5.73. The van der Waals surface area contributed by atoms with Gasteiger partial charge in [-0.1, -0.05) is 27.7 Å². The van der Waals surface area contributed by atoms with Crippen LogP contribution in [0.15, 0.2) is 0 Å². The molecule has 3 nitrogen and oxygen atoms in total. The molecule has 1 N–H and O–H groups in total. The molecule has 0 saturated heterocycles. The number of ether oxygens (including phenoxy) is 1. The Morgan fingerprint density at radius 3 is 2.21 bits per heavy atom. The Morgan fingerprint density at radius 2 is 1.86 bits per heavy atom. The minimum absolute atomic E-state index is 0.0152. The number of aliphatic hydroxyl groups is 1. The Balaban J connectivity index is 3.92. The van der Waals surface area contributed by atoms with E-state index in [2.05, 4.69) is 27.7 Å². The second-order valence-electron chi connectivity index (χ2n) is 5.05. The Morgan fingerprint density at radius 1 is 1.36 bits per heavy atom. The average molecular weight is 202 g/mol. The van der Waals surface area contributed by atoms with Gasteiger partial charge in [0.2, 0.25) is 0 Å². The van der Waals surface area contributed by atoms with Crippen LogP contribution in [0.5, 0.6) is 0 Å². The molecule has 0 aromatic rings. The first-order chi connectivity index (χ1) is 6.24. The van der Waals surface area contributed by atoms with Gasteiger partial charge in [0, 0.05) is 0 Å². The quantitative estimate of drug-likeness (QED) is 0.693. The highest BCUT2D eigenvalue weighted by Gasteiger charge is 2.22. The fourth-order valence-electron chi connectivity index (χ4n) is 1.55. The molecular formula is C11H22O3. The minimum atomic E-state index is -1.02. The van der Waals surface area contributed by atoms with Crippen LogP contribution in [0.4, 0.5) is 0 Å². The van der Waals surface area contributed by atoms with Crippen molar-refractivity contribution in [3.63, 3.8) is 0 Å². The molecule has 3 heteroatoms. The summed E-state index contributed by atoms with van der Waals surface area (Å²) in [6.45, 7) is 10.2. The van der Waals surface area contributed by atoms with Gasteiger partial charge in [0.05, 0.1) is 6.61 Å². The Hall–Kier alpha value is -0.570. The predicted octanol–water partition coefficient (Wildman–Crippen LogP) is 1.98. The van der Waals surface area contributed by atoms with Gasteiger partial charge in [-0.15, -0.1) is 0 Å². The number of rotatable bonds is 5. The molecule has 0 amide bonds. The molecule has 84 valence electrons. The standard InChI is InChI=1S/C11H22O3/c1-8(2)6-11(4,5)7-14-10(13)9(3)12/h8-9,12H,6-7H2,1-5H3. The van der Waals surface area contributed by atoms with Crippen LogP contribution in [-0.2, 0) is 9.53 Å². The second kappa shape index (κ2) is 5.35. The van der Waals surface area contributed by atoms with Crippen molar-refractivity contribution in [3.8, 4) is 0 Å².